The van der Waals surface area contributed by atoms with Gasteiger partial charge in [-0.2, -0.15) is 0 Å². The predicted octanol–water partition coefficient (Wildman–Crippen LogP) is 7.06. The van der Waals surface area contributed by atoms with Gasteiger partial charge < -0.3 is 0 Å². The maximum Gasteiger partial charge on any atom is -0.0195 e. The highest BCUT2D eigenvalue weighted by Gasteiger charge is 2.17. The van der Waals surface area contributed by atoms with Crippen LogP contribution in [-0.2, 0) is 0 Å². The van der Waals surface area contributed by atoms with Gasteiger partial charge in [-0.05, 0) is 68.1 Å². The lowest BCUT2D eigenvalue weighted by atomic mass is 10.0. The fourth-order valence-electron chi connectivity index (χ4n) is 4.34. The standard InChI is InChI=1S/C31H34P2/c1-27(24-26-33(30-20-10-4-11-21-30)31-22-12-5-13-23-31)15-14-25-32(28-16-6-2-7-17-28)29-18-8-3-9-19-29/h2-13,16-23,27H,14-15,24-26H2,1H3. The van der Waals surface area contributed by atoms with Crippen molar-refractivity contribution in [1.29, 1.82) is 0 Å². The van der Waals surface area contributed by atoms with E-state index in [1.165, 1.54) is 52.8 Å². The fraction of sp³-hybridized carbons (Fsp3) is 0.226. The molecule has 168 valence electrons. The van der Waals surface area contributed by atoms with Crippen LogP contribution in [0.2, 0.25) is 0 Å². The van der Waals surface area contributed by atoms with Gasteiger partial charge in [0.25, 0.3) is 0 Å². The lowest BCUT2D eigenvalue weighted by Gasteiger charge is -2.22. The maximum absolute atomic E-state index is 2.46. The zero-order valence-electron chi connectivity index (χ0n) is 19.6. The van der Waals surface area contributed by atoms with Crippen LogP contribution in [0.25, 0.3) is 0 Å². The third kappa shape index (κ3) is 7.11. The molecule has 0 bridgehead atoms. The van der Waals surface area contributed by atoms with Gasteiger partial charge in [0.05, 0.1) is 0 Å². The second-order valence-corrected chi connectivity index (χ2v) is 13.4. The first kappa shape index (κ1) is 23.9. The zero-order chi connectivity index (χ0) is 22.7. The van der Waals surface area contributed by atoms with E-state index < -0.39 is 0 Å². The lowest BCUT2D eigenvalue weighted by Crippen LogP contribution is -2.16. The Morgan fingerprint density at radius 2 is 0.788 bits per heavy atom. The minimum absolute atomic E-state index is 0.271. The summed E-state index contributed by atoms with van der Waals surface area (Å²) < 4.78 is 0. The average Bonchev–Trinajstić information content (AvgIpc) is 2.89. The summed E-state index contributed by atoms with van der Waals surface area (Å²) in [6.07, 6.45) is 6.46. The van der Waals surface area contributed by atoms with Crippen LogP contribution in [0.4, 0.5) is 0 Å². The molecule has 0 fully saturated rings. The lowest BCUT2D eigenvalue weighted by molar-refractivity contribution is 0.514. The number of rotatable bonds is 11. The molecule has 2 heteroatoms. The Kier molecular flexibility index (Phi) is 9.29. The summed E-state index contributed by atoms with van der Waals surface area (Å²) in [5.74, 6) is 0.755. The van der Waals surface area contributed by atoms with Crippen molar-refractivity contribution in [3.05, 3.63) is 121 Å². The fourth-order valence-corrected chi connectivity index (χ4v) is 9.29. The predicted molar refractivity (Wildman–Crippen MR) is 151 cm³/mol. The van der Waals surface area contributed by atoms with Crippen molar-refractivity contribution in [2.24, 2.45) is 5.92 Å². The van der Waals surface area contributed by atoms with Gasteiger partial charge in [-0.1, -0.05) is 135 Å². The van der Waals surface area contributed by atoms with Crippen molar-refractivity contribution in [2.75, 3.05) is 12.3 Å². The summed E-state index contributed by atoms with van der Waals surface area (Å²) in [6, 6.07) is 44.5. The summed E-state index contributed by atoms with van der Waals surface area (Å²) in [5, 5.41) is 6.01. The molecule has 4 rings (SSSR count). The van der Waals surface area contributed by atoms with Gasteiger partial charge in [-0.3, -0.25) is 0 Å². The molecule has 4 aromatic carbocycles. The molecular weight excluding hydrogens is 434 g/mol. The normalized spacial score (nSPS) is 12.2. The van der Waals surface area contributed by atoms with Gasteiger partial charge in [0.15, 0.2) is 0 Å². The molecule has 0 heterocycles. The second-order valence-electron chi connectivity index (χ2n) is 8.68. The molecule has 0 amide bonds. The van der Waals surface area contributed by atoms with Crippen molar-refractivity contribution in [2.45, 2.75) is 26.2 Å². The topological polar surface area (TPSA) is 0 Å². The van der Waals surface area contributed by atoms with E-state index in [0.29, 0.717) is 0 Å². The first-order valence-electron chi connectivity index (χ1n) is 12.1. The van der Waals surface area contributed by atoms with Crippen molar-refractivity contribution in [1.82, 2.24) is 0 Å². The van der Waals surface area contributed by atoms with Gasteiger partial charge >= 0.3 is 0 Å². The van der Waals surface area contributed by atoms with Crippen molar-refractivity contribution >= 4 is 37.1 Å². The highest BCUT2D eigenvalue weighted by Crippen LogP contribution is 2.37. The van der Waals surface area contributed by atoms with Crippen LogP contribution in [0.5, 0.6) is 0 Å². The molecule has 0 radical (unpaired) electrons. The molecule has 0 aromatic heterocycles. The number of hydrogen-bond acceptors (Lipinski definition) is 0. The molecule has 0 aliphatic rings. The summed E-state index contributed by atoms with van der Waals surface area (Å²) in [7, 11) is -0.551. The Hall–Kier alpha value is -2.26. The van der Waals surface area contributed by atoms with E-state index >= 15 is 0 Å². The Bertz CT molecular complexity index is 970. The van der Waals surface area contributed by atoms with Gasteiger partial charge in [0.2, 0.25) is 0 Å². The van der Waals surface area contributed by atoms with Crippen LogP contribution in [0.1, 0.15) is 26.2 Å². The molecule has 0 nitrogen and oxygen atoms in total. The van der Waals surface area contributed by atoms with E-state index in [4.69, 9.17) is 0 Å². The van der Waals surface area contributed by atoms with Gasteiger partial charge in [-0.25, -0.2) is 0 Å². The molecule has 0 aliphatic heterocycles. The minimum Gasteiger partial charge on any atom is -0.0625 e. The molecular formula is C31H34P2. The van der Waals surface area contributed by atoms with E-state index in [1.807, 2.05) is 0 Å². The Balaban J connectivity index is 1.35. The summed E-state index contributed by atoms with van der Waals surface area (Å²) in [6.45, 7) is 2.46. The van der Waals surface area contributed by atoms with Gasteiger partial charge in [0, 0.05) is 0 Å². The van der Waals surface area contributed by atoms with E-state index in [2.05, 4.69) is 128 Å². The van der Waals surface area contributed by atoms with Gasteiger partial charge in [-0.15, -0.1) is 0 Å². The summed E-state index contributed by atoms with van der Waals surface area (Å²) in [5.41, 5.74) is 0. The largest absolute Gasteiger partial charge is 0.0625 e. The van der Waals surface area contributed by atoms with E-state index in [1.54, 1.807) is 0 Å². The molecule has 1 atom stereocenters. The number of hydrogen-bond donors (Lipinski definition) is 0. The van der Waals surface area contributed by atoms with Crippen LogP contribution in [0, 0.1) is 5.92 Å². The Labute approximate surface area is 202 Å². The van der Waals surface area contributed by atoms with Crippen LogP contribution in [0.3, 0.4) is 0 Å². The van der Waals surface area contributed by atoms with Crippen molar-refractivity contribution in [3.63, 3.8) is 0 Å². The Morgan fingerprint density at radius 1 is 0.455 bits per heavy atom. The third-order valence-corrected chi connectivity index (χ3v) is 11.4. The van der Waals surface area contributed by atoms with E-state index in [-0.39, 0.29) is 15.8 Å². The Morgan fingerprint density at radius 3 is 1.15 bits per heavy atom. The molecule has 1 unspecified atom stereocenters. The first-order chi connectivity index (χ1) is 16.3. The SMILES string of the molecule is CC(CCCP(c1ccccc1)c1ccccc1)CCP(c1ccccc1)c1ccccc1. The number of benzene rings is 4. The van der Waals surface area contributed by atoms with Gasteiger partial charge in [0.1, 0.15) is 0 Å². The van der Waals surface area contributed by atoms with Crippen molar-refractivity contribution in [3.8, 4) is 0 Å². The first-order valence-corrected chi connectivity index (χ1v) is 15.1. The molecule has 4 aromatic rings. The van der Waals surface area contributed by atoms with Crippen LogP contribution in [-0.4, -0.2) is 12.3 Å². The quantitative estimate of drug-likeness (QED) is 0.207. The monoisotopic (exact) mass is 468 g/mol. The second kappa shape index (κ2) is 12.8. The molecule has 0 aliphatic carbocycles. The average molecular weight is 469 g/mol. The van der Waals surface area contributed by atoms with Crippen molar-refractivity contribution < 1.29 is 0 Å². The molecule has 0 N–H and O–H groups in total. The third-order valence-electron chi connectivity index (χ3n) is 6.20. The van der Waals surface area contributed by atoms with Crippen LogP contribution >= 0.6 is 15.8 Å². The summed E-state index contributed by atoms with van der Waals surface area (Å²) >= 11 is 0. The molecule has 0 saturated heterocycles. The van der Waals surface area contributed by atoms with E-state index in [9.17, 15) is 0 Å². The van der Waals surface area contributed by atoms with E-state index in [0.717, 1.165) is 5.92 Å². The van der Waals surface area contributed by atoms with Crippen LogP contribution < -0.4 is 21.2 Å². The van der Waals surface area contributed by atoms with Crippen LogP contribution in [0.15, 0.2) is 121 Å². The highest BCUT2D eigenvalue weighted by molar-refractivity contribution is 7.73. The smallest absolute Gasteiger partial charge is 0.0195 e. The molecule has 0 spiro atoms. The zero-order valence-corrected chi connectivity index (χ0v) is 21.3. The highest BCUT2D eigenvalue weighted by atomic mass is 31.1. The molecule has 0 saturated carbocycles. The maximum atomic E-state index is 2.46. The summed E-state index contributed by atoms with van der Waals surface area (Å²) in [4.78, 5) is 0. The molecule has 33 heavy (non-hydrogen) atoms. The minimum atomic E-state index is -0.279.